The van der Waals surface area contributed by atoms with Crippen molar-refractivity contribution < 1.29 is 22.9 Å². The van der Waals surface area contributed by atoms with E-state index in [-0.39, 0.29) is 5.69 Å². The molecule has 1 heterocycles. The molecule has 3 rings (SSSR count). The smallest absolute Gasteiger partial charge is 0.378 e. The van der Waals surface area contributed by atoms with Crippen molar-refractivity contribution in [3.05, 3.63) is 53.6 Å². The topological polar surface area (TPSA) is 40.0 Å². The highest BCUT2D eigenvalue weighted by molar-refractivity contribution is 6.06. The van der Waals surface area contributed by atoms with E-state index in [9.17, 15) is 18.0 Å². The summed E-state index contributed by atoms with van der Waals surface area (Å²) in [4.78, 5) is 18.0. The number of likely N-dealkylation sites (N-methyl/N-ethyl adjacent to an activating group) is 1. The Morgan fingerprint density at radius 1 is 1.07 bits per heavy atom. The fourth-order valence-electron chi connectivity index (χ4n) is 3.32. The van der Waals surface area contributed by atoms with E-state index >= 15 is 0 Å². The largest absolute Gasteiger partial charge is 0.416 e. The number of hydrogen-bond acceptors (Lipinski definition) is 3. The van der Waals surface area contributed by atoms with Crippen LogP contribution in [0, 0.1) is 0 Å². The minimum Gasteiger partial charge on any atom is -0.378 e. The average molecular weight is 407 g/mol. The molecule has 2 aromatic rings. The van der Waals surface area contributed by atoms with Crippen LogP contribution in [0.15, 0.2) is 42.5 Å². The lowest BCUT2D eigenvalue weighted by molar-refractivity contribution is -0.880. The Kier molecular flexibility index (Phi) is 6.02. The molecule has 0 aliphatic carbocycles. The number of carbonyl (C=O) groups is 1. The van der Waals surface area contributed by atoms with Gasteiger partial charge in [0.15, 0.2) is 0 Å². The van der Waals surface area contributed by atoms with Crippen molar-refractivity contribution in [3.63, 3.8) is 0 Å². The van der Waals surface area contributed by atoms with E-state index in [0.717, 1.165) is 44.0 Å². The second kappa shape index (κ2) is 8.32. The van der Waals surface area contributed by atoms with E-state index in [0.29, 0.717) is 11.3 Å². The van der Waals surface area contributed by atoms with Gasteiger partial charge in [-0.1, -0.05) is 0 Å². The predicted molar refractivity (Wildman–Crippen MR) is 109 cm³/mol. The average Bonchev–Trinajstić information content (AvgIpc) is 2.68. The molecular formula is C21H26F3N4O+. The maximum atomic E-state index is 13.2. The zero-order valence-electron chi connectivity index (χ0n) is 16.8. The molecule has 2 N–H and O–H groups in total. The first-order chi connectivity index (χ1) is 13.6. The molecular weight excluding hydrogens is 381 g/mol. The minimum absolute atomic E-state index is 0.182. The van der Waals surface area contributed by atoms with Gasteiger partial charge in [-0.15, -0.1) is 0 Å². The van der Waals surface area contributed by atoms with Crippen LogP contribution in [0.5, 0.6) is 0 Å². The summed E-state index contributed by atoms with van der Waals surface area (Å²) >= 11 is 0. The quantitative estimate of drug-likeness (QED) is 0.818. The van der Waals surface area contributed by atoms with Gasteiger partial charge in [0.1, 0.15) is 0 Å². The van der Waals surface area contributed by atoms with Crippen molar-refractivity contribution in [2.75, 3.05) is 62.4 Å². The van der Waals surface area contributed by atoms with E-state index in [1.807, 2.05) is 23.9 Å². The Labute approximate surface area is 168 Å². The third-order valence-electron chi connectivity index (χ3n) is 5.18. The predicted octanol–water partition coefficient (Wildman–Crippen LogP) is 2.36. The Morgan fingerprint density at radius 2 is 1.69 bits per heavy atom. The van der Waals surface area contributed by atoms with Crippen molar-refractivity contribution in [2.24, 2.45) is 0 Å². The first-order valence-electron chi connectivity index (χ1n) is 9.51. The number of rotatable bonds is 4. The first-order valence-corrected chi connectivity index (χ1v) is 9.51. The second-order valence-electron chi connectivity index (χ2n) is 7.57. The summed E-state index contributed by atoms with van der Waals surface area (Å²) in [6.07, 6.45) is -4.47. The van der Waals surface area contributed by atoms with Gasteiger partial charge in [-0.25, -0.2) is 0 Å². The molecule has 0 unspecified atom stereocenters. The number of halogens is 3. The van der Waals surface area contributed by atoms with Crippen LogP contribution in [0.3, 0.4) is 0 Å². The Bertz CT molecular complexity index is 857. The number of anilines is 3. The fourth-order valence-corrected chi connectivity index (χ4v) is 3.32. The van der Waals surface area contributed by atoms with E-state index in [1.165, 1.54) is 11.0 Å². The van der Waals surface area contributed by atoms with Gasteiger partial charge in [0, 0.05) is 25.3 Å². The normalized spacial score (nSPS) is 15.3. The summed E-state index contributed by atoms with van der Waals surface area (Å²) in [5.74, 6) is -0.435. The van der Waals surface area contributed by atoms with Crippen LogP contribution in [-0.4, -0.2) is 53.2 Å². The number of nitrogens with zero attached hydrogens (tertiary/aromatic N) is 2. The van der Waals surface area contributed by atoms with Crippen LogP contribution in [0.25, 0.3) is 0 Å². The van der Waals surface area contributed by atoms with E-state index < -0.39 is 17.6 Å². The summed E-state index contributed by atoms with van der Waals surface area (Å²) < 4.78 is 39.7. The summed E-state index contributed by atoms with van der Waals surface area (Å²) in [5, 5.41) is 2.70. The van der Waals surface area contributed by atoms with Gasteiger partial charge in [0.05, 0.1) is 50.2 Å². The Morgan fingerprint density at radius 3 is 2.24 bits per heavy atom. The number of piperazine rings is 1. The lowest BCUT2D eigenvalue weighted by atomic mass is 10.1. The number of quaternary nitrogens is 1. The zero-order chi connectivity index (χ0) is 21.2. The molecule has 1 fully saturated rings. The first kappa shape index (κ1) is 21.0. The van der Waals surface area contributed by atoms with Gasteiger partial charge in [-0.05, 0) is 42.5 Å². The molecule has 0 radical (unpaired) electrons. The second-order valence-corrected chi connectivity index (χ2v) is 7.57. The molecule has 1 aliphatic heterocycles. The van der Waals surface area contributed by atoms with Gasteiger partial charge < -0.3 is 20.0 Å². The van der Waals surface area contributed by atoms with Crippen molar-refractivity contribution in [1.29, 1.82) is 0 Å². The maximum Gasteiger partial charge on any atom is 0.416 e. The molecule has 0 aromatic heterocycles. The van der Waals surface area contributed by atoms with Gasteiger partial charge in [0.2, 0.25) is 0 Å². The summed E-state index contributed by atoms with van der Waals surface area (Å²) in [7, 11) is 5.87. The summed E-state index contributed by atoms with van der Waals surface area (Å²) in [6.45, 7) is 3.22. The molecule has 0 spiro atoms. The van der Waals surface area contributed by atoms with Crippen LogP contribution in [0.2, 0.25) is 0 Å². The van der Waals surface area contributed by atoms with Crippen molar-refractivity contribution in [1.82, 2.24) is 0 Å². The molecule has 2 aromatic carbocycles. The monoisotopic (exact) mass is 407 g/mol. The molecule has 29 heavy (non-hydrogen) atoms. The van der Waals surface area contributed by atoms with Crippen LogP contribution in [0.1, 0.15) is 15.9 Å². The molecule has 5 nitrogen and oxygen atoms in total. The van der Waals surface area contributed by atoms with Crippen molar-refractivity contribution in [2.45, 2.75) is 6.18 Å². The molecule has 1 saturated heterocycles. The highest BCUT2D eigenvalue weighted by Crippen LogP contribution is 2.35. The SMILES string of the molecule is CN(C)c1ccc(C(=O)Nc2cc(C(F)(F)F)ccc2N2CC[NH+](C)CC2)cc1. The molecule has 0 bridgehead atoms. The van der Waals surface area contributed by atoms with Crippen LogP contribution >= 0.6 is 0 Å². The molecule has 8 heteroatoms. The lowest BCUT2D eigenvalue weighted by Crippen LogP contribution is -3.12. The van der Waals surface area contributed by atoms with Gasteiger partial charge in [0.25, 0.3) is 5.91 Å². The lowest BCUT2D eigenvalue weighted by Gasteiger charge is -2.33. The van der Waals surface area contributed by atoms with E-state index in [2.05, 4.69) is 12.4 Å². The number of hydrogen-bond donors (Lipinski definition) is 2. The maximum absolute atomic E-state index is 13.2. The van der Waals surface area contributed by atoms with E-state index in [1.54, 1.807) is 24.3 Å². The van der Waals surface area contributed by atoms with Crippen molar-refractivity contribution >= 4 is 23.0 Å². The Hall–Kier alpha value is -2.74. The molecule has 0 atom stereocenters. The van der Waals surface area contributed by atoms with Crippen LogP contribution < -0.4 is 20.0 Å². The third kappa shape index (κ3) is 5.00. The third-order valence-corrected chi connectivity index (χ3v) is 5.18. The van der Waals surface area contributed by atoms with Gasteiger partial charge in [-0.3, -0.25) is 4.79 Å². The zero-order valence-corrected chi connectivity index (χ0v) is 16.8. The summed E-state index contributed by atoms with van der Waals surface area (Å²) in [5.41, 5.74) is 1.34. The van der Waals surface area contributed by atoms with Gasteiger partial charge >= 0.3 is 6.18 Å². The fraction of sp³-hybridized carbons (Fsp3) is 0.381. The molecule has 1 amide bonds. The number of alkyl halides is 3. The Balaban J connectivity index is 1.89. The molecule has 0 saturated carbocycles. The number of nitrogens with one attached hydrogen (secondary N) is 2. The highest BCUT2D eigenvalue weighted by Gasteiger charge is 2.32. The molecule has 1 aliphatic rings. The number of benzene rings is 2. The van der Waals surface area contributed by atoms with Gasteiger partial charge in [-0.2, -0.15) is 13.2 Å². The van der Waals surface area contributed by atoms with E-state index in [4.69, 9.17) is 0 Å². The van der Waals surface area contributed by atoms with Crippen molar-refractivity contribution in [3.8, 4) is 0 Å². The van der Waals surface area contributed by atoms with Crippen LogP contribution in [0.4, 0.5) is 30.2 Å². The number of amides is 1. The minimum atomic E-state index is -4.47. The van der Waals surface area contributed by atoms with Crippen LogP contribution in [-0.2, 0) is 6.18 Å². The highest BCUT2D eigenvalue weighted by atomic mass is 19.4. The summed E-state index contributed by atoms with van der Waals surface area (Å²) in [6, 6.07) is 10.5. The number of carbonyl (C=O) groups excluding carboxylic acids is 1. The standard InChI is InChI=1S/C21H25F3N4O/c1-26(2)17-7-4-15(5-8-17)20(29)25-18-14-16(21(22,23)24)6-9-19(18)28-12-10-27(3)11-13-28/h4-9,14H,10-13H2,1-3H3,(H,25,29)/p+1. The molecule has 156 valence electrons.